The fourth-order valence-electron chi connectivity index (χ4n) is 3.72. The van der Waals surface area contributed by atoms with E-state index in [9.17, 15) is 0 Å². The van der Waals surface area contributed by atoms with E-state index >= 15 is 0 Å². The van der Waals surface area contributed by atoms with E-state index in [0.29, 0.717) is 0 Å². The summed E-state index contributed by atoms with van der Waals surface area (Å²) in [7, 11) is -2.71. The molecule has 0 fully saturated rings. The first-order valence-electron chi connectivity index (χ1n) is 10.2. The van der Waals surface area contributed by atoms with E-state index in [1.165, 1.54) is 10.4 Å². The van der Waals surface area contributed by atoms with Gasteiger partial charge in [-0.2, -0.15) is 0 Å². The van der Waals surface area contributed by atoms with Crippen molar-refractivity contribution in [3.63, 3.8) is 0 Å². The first-order chi connectivity index (χ1) is 15.4. The summed E-state index contributed by atoms with van der Waals surface area (Å²) in [6, 6.07) is 37.3. The van der Waals surface area contributed by atoms with Crippen molar-refractivity contribution >= 4 is 18.4 Å². The lowest BCUT2D eigenvalue weighted by molar-refractivity contribution is 1.57. The van der Waals surface area contributed by atoms with Crippen LogP contribution in [0.1, 0.15) is 22.3 Å². The van der Waals surface area contributed by atoms with Crippen molar-refractivity contribution in [3.8, 4) is 34.8 Å². The first kappa shape index (κ1) is 18.8. The molecule has 0 unspecified atom stereocenters. The van der Waals surface area contributed by atoms with Crippen molar-refractivity contribution < 1.29 is 0 Å². The third-order valence-electron chi connectivity index (χ3n) is 5.37. The van der Waals surface area contributed by atoms with Crippen LogP contribution in [0.2, 0.25) is 0 Å². The van der Waals surface area contributed by atoms with Gasteiger partial charge in [-0.3, -0.25) is 0 Å². The Morgan fingerprint density at radius 2 is 0.677 bits per heavy atom. The van der Waals surface area contributed by atoms with Gasteiger partial charge in [-0.05, 0) is 34.6 Å². The number of hydrogen-bond donors (Lipinski definition) is 0. The number of fused-ring (bicyclic) bond motifs is 2. The van der Waals surface area contributed by atoms with E-state index in [-0.39, 0.29) is 0 Å². The van der Waals surface area contributed by atoms with Crippen LogP contribution in [0.15, 0.2) is 109 Å². The van der Waals surface area contributed by atoms with E-state index < -0.39 is 8.07 Å². The normalized spacial score (nSPS) is 12.8. The largest absolute Gasteiger partial charge is 0.276 e. The predicted molar refractivity (Wildman–Crippen MR) is 131 cm³/mol. The average Bonchev–Trinajstić information content (AvgIpc) is 2.88. The lowest BCUT2D eigenvalue weighted by Crippen LogP contribution is -2.57. The Hall–Kier alpha value is -4.22. The molecule has 0 aromatic heterocycles. The van der Waals surface area contributed by atoms with Crippen molar-refractivity contribution in [1.82, 2.24) is 0 Å². The van der Waals surface area contributed by atoms with E-state index in [4.69, 9.17) is 0 Å². The molecule has 1 heteroatoms. The highest BCUT2D eigenvalue weighted by Gasteiger charge is 2.35. The summed E-state index contributed by atoms with van der Waals surface area (Å²) in [4.78, 5) is 0. The predicted octanol–water partition coefficient (Wildman–Crippen LogP) is 4.14. The highest BCUT2D eigenvalue weighted by atomic mass is 28.3. The second-order valence-electron chi connectivity index (χ2n) is 7.32. The minimum absolute atomic E-state index is 0.940. The summed E-state index contributed by atoms with van der Waals surface area (Å²) in [5, 5.41) is 2.38. The van der Waals surface area contributed by atoms with Crippen molar-refractivity contribution in [1.29, 1.82) is 0 Å². The second-order valence-corrected chi connectivity index (χ2v) is 10.5. The first-order valence-corrected chi connectivity index (χ1v) is 12.2. The molecular formula is C30H18Si. The summed E-state index contributed by atoms with van der Waals surface area (Å²) in [6.07, 6.45) is 0. The topological polar surface area (TPSA) is 0 Å². The Bertz CT molecular complexity index is 1320. The average molecular weight is 407 g/mol. The molecule has 0 amide bonds. The van der Waals surface area contributed by atoms with E-state index in [1.807, 2.05) is 60.7 Å². The maximum absolute atomic E-state index is 3.70. The molecule has 1 heterocycles. The molecule has 4 aromatic rings. The molecule has 0 bridgehead atoms. The zero-order chi connectivity index (χ0) is 20.9. The van der Waals surface area contributed by atoms with Crippen LogP contribution in [0.5, 0.6) is 0 Å². The van der Waals surface area contributed by atoms with Crippen LogP contribution in [0.3, 0.4) is 0 Å². The van der Waals surface area contributed by atoms with Gasteiger partial charge in [0.25, 0.3) is 8.07 Å². The quantitative estimate of drug-likeness (QED) is 0.347. The minimum atomic E-state index is -2.71. The third-order valence-corrected chi connectivity index (χ3v) is 8.77. The summed E-state index contributed by atoms with van der Waals surface area (Å²) >= 11 is 0. The van der Waals surface area contributed by atoms with Crippen LogP contribution in [0.4, 0.5) is 0 Å². The molecule has 4 aromatic carbocycles. The fraction of sp³-hybridized carbons (Fsp3) is 0. The van der Waals surface area contributed by atoms with Crippen LogP contribution >= 0.6 is 0 Å². The van der Waals surface area contributed by atoms with Gasteiger partial charge in [-0.15, -0.1) is 0 Å². The molecule has 142 valence electrons. The molecule has 0 aliphatic carbocycles. The summed E-state index contributed by atoms with van der Waals surface area (Å²) in [6.45, 7) is 0. The summed E-state index contributed by atoms with van der Waals surface area (Å²) < 4.78 is 0. The minimum Gasteiger partial charge on any atom is -0.0989 e. The van der Waals surface area contributed by atoms with Gasteiger partial charge in [0, 0.05) is 22.3 Å². The molecule has 0 saturated heterocycles. The summed E-state index contributed by atoms with van der Waals surface area (Å²) in [5.74, 6) is 13.6. The summed E-state index contributed by atoms with van der Waals surface area (Å²) in [5.41, 5.74) is 11.2. The number of rotatable bonds is 2. The van der Waals surface area contributed by atoms with Crippen LogP contribution in [-0.2, 0) is 0 Å². The smallest absolute Gasteiger partial charge is 0.0989 e. The van der Waals surface area contributed by atoms with Crippen molar-refractivity contribution in [2.24, 2.45) is 0 Å². The Labute approximate surface area is 184 Å². The van der Waals surface area contributed by atoms with Gasteiger partial charge in [0.15, 0.2) is 0 Å². The fourth-order valence-corrected chi connectivity index (χ4v) is 6.72. The molecule has 1 aliphatic rings. The molecule has 0 atom stereocenters. The van der Waals surface area contributed by atoms with Crippen molar-refractivity contribution in [2.45, 2.75) is 0 Å². The highest BCUT2D eigenvalue weighted by Crippen LogP contribution is 2.12. The van der Waals surface area contributed by atoms with Crippen LogP contribution in [0, 0.1) is 34.8 Å². The molecule has 1 aliphatic heterocycles. The maximum atomic E-state index is 3.70. The van der Waals surface area contributed by atoms with Crippen LogP contribution in [-0.4, -0.2) is 8.07 Å². The zero-order valence-corrected chi connectivity index (χ0v) is 17.9. The van der Waals surface area contributed by atoms with E-state index in [0.717, 1.165) is 22.3 Å². The van der Waals surface area contributed by atoms with Gasteiger partial charge >= 0.3 is 0 Å². The van der Waals surface area contributed by atoms with Gasteiger partial charge in [0.2, 0.25) is 0 Å². The lowest BCUT2D eigenvalue weighted by atomic mass is 10.1. The molecule has 0 saturated carbocycles. The number of benzene rings is 4. The Morgan fingerprint density at radius 3 is 1.06 bits per heavy atom. The van der Waals surface area contributed by atoms with Gasteiger partial charge in [-0.25, -0.2) is 0 Å². The molecule has 0 radical (unpaired) electrons. The Morgan fingerprint density at radius 1 is 0.355 bits per heavy atom. The maximum Gasteiger partial charge on any atom is 0.276 e. The van der Waals surface area contributed by atoms with E-state index in [1.54, 1.807) is 0 Å². The Balaban J connectivity index is 1.89. The molecular weight excluding hydrogens is 388 g/mol. The SMILES string of the molecule is C1#Cc2ccccc2C#C[Si](c2ccccc2)(c2ccccc2)C#Cc2ccccc21. The highest BCUT2D eigenvalue weighted by molar-refractivity contribution is 7.13. The van der Waals surface area contributed by atoms with Crippen LogP contribution < -0.4 is 10.4 Å². The monoisotopic (exact) mass is 406 g/mol. The molecule has 0 N–H and O–H groups in total. The van der Waals surface area contributed by atoms with Crippen molar-refractivity contribution in [2.75, 3.05) is 0 Å². The van der Waals surface area contributed by atoms with Gasteiger partial charge in [0.05, 0.1) is 0 Å². The third kappa shape index (κ3) is 3.70. The van der Waals surface area contributed by atoms with Gasteiger partial charge in [0.1, 0.15) is 0 Å². The zero-order valence-electron chi connectivity index (χ0n) is 16.9. The van der Waals surface area contributed by atoms with Gasteiger partial charge < -0.3 is 0 Å². The molecule has 5 rings (SSSR count). The molecule has 31 heavy (non-hydrogen) atoms. The van der Waals surface area contributed by atoms with E-state index in [2.05, 4.69) is 83.3 Å². The molecule has 0 nitrogen and oxygen atoms in total. The second kappa shape index (κ2) is 8.26. The number of hydrogen-bond acceptors (Lipinski definition) is 0. The van der Waals surface area contributed by atoms with Crippen LogP contribution in [0.25, 0.3) is 0 Å². The Kier molecular flexibility index (Phi) is 5.00. The standard InChI is InChI=1S/C30H18Si/c1-3-15-29(16-4-1)31(30-17-5-2-6-18-30)23-21-27-13-9-7-11-25(27)19-20-26-12-8-10-14-28(26)22-24-31/h1-18H. The van der Waals surface area contributed by atoms with Crippen molar-refractivity contribution in [3.05, 3.63) is 131 Å². The molecule has 0 spiro atoms. The lowest BCUT2D eigenvalue weighted by Gasteiger charge is -2.21. The van der Waals surface area contributed by atoms with Gasteiger partial charge in [-0.1, -0.05) is 120 Å².